The maximum atomic E-state index is 9.29. The Balaban J connectivity index is 1.88. The zero-order valence-electron chi connectivity index (χ0n) is 18.5. The summed E-state index contributed by atoms with van der Waals surface area (Å²) in [6.45, 7) is 10.1. The highest BCUT2D eigenvalue weighted by Crippen LogP contribution is 2.62. The van der Waals surface area contributed by atoms with Gasteiger partial charge in [0.25, 0.3) is 0 Å². The number of aryl methyl sites for hydroxylation is 2. The fourth-order valence-corrected chi connectivity index (χ4v) is 6.32. The van der Waals surface area contributed by atoms with Gasteiger partial charge in [0.05, 0.1) is 0 Å². The molecule has 0 saturated carbocycles. The quantitative estimate of drug-likeness (QED) is 0.711. The van der Waals surface area contributed by atoms with E-state index in [1.807, 2.05) is 0 Å². The molecule has 1 spiro atoms. The third-order valence-electron chi connectivity index (χ3n) is 7.39. The first-order valence-electron chi connectivity index (χ1n) is 11.2. The summed E-state index contributed by atoms with van der Waals surface area (Å²) in [5.74, 6) is 0. The van der Waals surface area contributed by atoms with Gasteiger partial charge in [0, 0.05) is 18.6 Å². The van der Waals surface area contributed by atoms with Crippen LogP contribution in [0.15, 0.2) is 36.4 Å². The highest BCUT2D eigenvalue weighted by atomic mass is 16.3. The van der Waals surface area contributed by atoms with Gasteiger partial charge >= 0.3 is 0 Å². The van der Waals surface area contributed by atoms with Gasteiger partial charge in [-0.3, -0.25) is 0 Å². The van der Waals surface area contributed by atoms with Gasteiger partial charge in [0.1, 0.15) is 0 Å². The van der Waals surface area contributed by atoms with Crippen molar-refractivity contribution in [3.05, 3.63) is 69.8 Å². The first-order chi connectivity index (χ1) is 13.7. The van der Waals surface area contributed by atoms with Crippen molar-refractivity contribution in [2.45, 2.75) is 82.5 Å². The number of hydrogen-bond donors (Lipinski definition) is 2. The van der Waals surface area contributed by atoms with Crippen LogP contribution in [-0.4, -0.2) is 23.4 Å². The maximum Gasteiger partial charge on any atom is 0.0434 e. The topological polar surface area (TPSA) is 40.5 Å². The smallest absolute Gasteiger partial charge is 0.0434 e. The average Bonchev–Trinajstić information content (AvgIpc) is 3.04. The molecule has 0 bridgehead atoms. The largest absolute Gasteiger partial charge is 0.396 e. The van der Waals surface area contributed by atoms with E-state index < -0.39 is 0 Å². The van der Waals surface area contributed by atoms with E-state index in [2.05, 4.69) is 64.1 Å². The van der Waals surface area contributed by atoms with Crippen molar-refractivity contribution in [1.82, 2.24) is 0 Å². The lowest BCUT2D eigenvalue weighted by Crippen LogP contribution is -2.27. The molecule has 0 aliphatic heterocycles. The van der Waals surface area contributed by atoms with Crippen molar-refractivity contribution in [2.75, 3.05) is 13.2 Å². The van der Waals surface area contributed by atoms with E-state index >= 15 is 0 Å². The Bertz CT molecular complexity index is 831. The molecule has 0 atom stereocenters. The van der Waals surface area contributed by atoms with Crippen molar-refractivity contribution in [1.29, 1.82) is 0 Å². The van der Waals surface area contributed by atoms with E-state index in [0.29, 0.717) is 0 Å². The average molecular weight is 393 g/mol. The molecule has 2 aromatic carbocycles. The second kappa shape index (κ2) is 7.25. The number of aliphatic hydroxyl groups excluding tert-OH is 2. The lowest BCUT2D eigenvalue weighted by atomic mass is 9.72. The van der Waals surface area contributed by atoms with Crippen molar-refractivity contribution < 1.29 is 10.2 Å². The molecule has 2 N–H and O–H groups in total. The van der Waals surface area contributed by atoms with Crippen LogP contribution >= 0.6 is 0 Å². The summed E-state index contributed by atoms with van der Waals surface area (Å²) in [5, 5.41) is 18.6. The molecule has 2 aliphatic rings. The molecule has 2 nitrogen and oxygen atoms in total. The molecule has 0 radical (unpaired) electrons. The van der Waals surface area contributed by atoms with E-state index in [1.165, 1.54) is 33.4 Å². The molecule has 0 amide bonds. The zero-order valence-corrected chi connectivity index (χ0v) is 18.5. The van der Waals surface area contributed by atoms with Crippen molar-refractivity contribution in [2.24, 2.45) is 0 Å². The SMILES string of the molecule is CC1(C)CC2(CC(C)(C)c3ccc(CCCO)cc32)c2cc(CCCO)ccc21. The summed E-state index contributed by atoms with van der Waals surface area (Å²) in [6.07, 6.45) is 5.82. The fourth-order valence-electron chi connectivity index (χ4n) is 6.32. The first-order valence-corrected chi connectivity index (χ1v) is 11.2. The minimum Gasteiger partial charge on any atom is -0.396 e. The maximum absolute atomic E-state index is 9.29. The Morgan fingerprint density at radius 1 is 0.655 bits per heavy atom. The normalized spacial score (nSPS) is 20.1. The molecule has 0 heterocycles. The van der Waals surface area contributed by atoms with E-state index in [-0.39, 0.29) is 29.5 Å². The molecule has 0 unspecified atom stereocenters. The van der Waals surface area contributed by atoms with Crippen molar-refractivity contribution in [3.63, 3.8) is 0 Å². The fraction of sp³-hybridized carbons (Fsp3) is 0.556. The molecule has 2 aliphatic carbocycles. The Kier molecular flexibility index (Phi) is 5.16. The number of fused-ring (bicyclic) bond motifs is 4. The Morgan fingerprint density at radius 2 is 1.07 bits per heavy atom. The minimum atomic E-state index is 0.0715. The highest BCUT2D eigenvalue weighted by Gasteiger charge is 2.56. The lowest BCUT2D eigenvalue weighted by Gasteiger charge is -2.31. The van der Waals surface area contributed by atoms with Gasteiger partial charge in [-0.05, 0) is 82.7 Å². The molecular weight excluding hydrogens is 356 g/mol. The van der Waals surface area contributed by atoms with Crippen LogP contribution in [0, 0.1) is 0 Å². The van der Waals surface area contributed by atoms with Crippen molar-refractivity contribution in [3.8, 4) is 0 Å². The number of hydrogen-bond acceptors (Lipinski definition) is 2. The molecule has 156 valence electrons. The number of benzene rings is 2. The molecule has 0 saturated heterocycles. The van der Waals surface area contributed by atoms with Crippen LogP contribution in [0.5, 0.6) is 0 Å². The molecule has 4 rings (SSSR count). The molecule has 2 heteroatoms. The molecule has 0 aromatic heterocycles. The molecule has 2 aromatic rings. The van der Waals surface area contributed by atoms with E-state index in [1.54, 1.807) is 0 Å². The second-order valence-electron chi connectivity index (χ2n) is 10.6. The van der Waals surface area contributed by atoms with Gasteiger partial charge in [0.2, 0.25) is 0 Å². The van der Waals surface area contributed by atoms with Gasteiger partial charge in [-0.2, -0.15) is 0 Å². The first kappa shape index (κ1) is 20.6. The predicted molar refractivity (Wildman–Crippen MR) is 120 cm³/mol. The van der Waals surface area contributed by atoms with Crippen LogP contribution in [0.1, 0.15) is 86.8 Å². The van der Waals surface area contributed by atoms with E-state index in [4.69, 9.17) is 0 Å². The Labute approximate surface area is 176 Å². The van der Waals surface area contributed by atoms with E-state index in [0.717, 1.165) is 38.5 Å². The summed E-state index contributed by atoms with van der Waals surface area (Å²) in [7, 11) is 0. The summed E-state index contributed by atoms with van der Waals surface area (Å²) in [6, 6.07) is 14.2. The third kappa shape index (κ3) is 3.35. The summed E-state index contributed by atoms with van der Waals surface area (Å²) < 4.78 is 0. The predicted octanol–water partition coefficient (Wildman–Crippen LogP) is 5.19. The number of aliphatic hydroxyl groups is 2. The molecule has 29 heavy (non-hydrogen) atoms. The van der Waals surface area contributed by atoms with Crippen LogP contribution in [-0.2, 0) is 29.1 Å². The Hall–Kier alpha value is -1.64. The van der Waals surface area contributed by atoms with Crippen molar-refractivity contribution >= 4 is 0 Å². The Morgan fingerprint density at radius 3 is 1.45 bits per heavy atom. The van der Waals surface area contributed by atoms with Gasteiger partial charge < -0.3 is 10.2 Å². The standard InChI is InChI=1S/C27H36O2/c1-25(2)17-27(23-15-19(7-5-13-28)9-11-21(23)25)18-26(3,4)22-12-10-20(8-6-14-29)16-24(22)27/h9-12,15-16,28-29H,5-8,13-14,17-18H2,1-4H3. The number of rotatable bonds is 6. The molecular formula is C27H36O2. The molecule has 0 fully saturated rings. The van der Waals surface area contributed by atoms with Crippen LogP contribution < -0.4 is 0 Å². The van der Waals surface area contributed by atoms with Crippen LogP contribution in [0.3, 0.4) is 0 Å². The van der Waals surface area contributed by atoms with Crippen LogP contribution in [0.25, 0.3) is 0 Å². The lowest BCUT2D eigenvalue weighted by molar-refractivity contribution is 0.288. The van der Waals surface area contributed by atoms with Crippen LogP contribution in [0.2, 0.25) is 0 Å². The summed E-state index contributed by atoms with van der Waals surface area (Å²) in [5.41, 5.74) is 9.10. The monoisotopic (exact) mass is 392 g/mol. The minimum absolute atomic E-state index is 0.0715. The zero-order chi connectivity index (χ0) is 20.9. The second-order valence-corrected chi connectivity index (χ2v) is 10.6. The summed E-state index contributed by atoms with van der Waals surface area (Å²) >= 11 is 0. The van der Waals surface area contributed by atoms with Gasteiger partial charge in [-0.15, -0.1) is 0 Å². The summed E-state index contributed by atoms with van der Waals surface area (Å²) in [4.78, 5) is 0. The van der Waals surface area contributed by atoms with Gasteiger partial charge in [-0.25, -0.2) is 0 Å². The van der Waals surface area contributed by atoms with Gasteiger partial charge in [0.15, 0.2) is 0 Å². The highest BCUT2D eigenvalue weighted by molar-refractivity contribution is 5.60. The third-order valence-corrected chi connectivity index (χ3v) is 7.39. The van der Waals surface area contributed by atoms with Crippen LogP contribution in [0.4, 0.5) is 0 Å². The van der Waals surface area contributed by atoms with E-state index in [9.17, 15) is 10.2 Å². The van der Waals surface area contributed by atoms with Gasteiger partial charge in [-0.1, -0.05) is 64.1 Å².